The molecule has 1 rings (SSSR count). The molecule has 10 heavy (non-hydrogen) atoms. The largest absolute Gasteiger partial charge is 0.243 e. The van der Waals surface area contributed by atoms with E-state index in [1.807, 2.05) is 6.92 Å². The normalized spacial score (nSPS) is 13.4. The molecule has 0 amide bonds. The SMILES string of the molecule is CC(C[O])Cc1nnn[nH]1. The first kappa shape index (κ1) is 7.14. The zero-order valence-corrected chi connectivity index (χ0v) is 5.74. The van der Waals surface area contributed by atoms with Crippen LogP contribution in [0.3, 0.4) is 0 Å². The predicted molar refractivity (Wildman–Crippen MR) is 32.6 cm³/mol. The van der Waals surface area contributed by atoms with E-state index in [2.05, 4.69) is 20.6 Å². The number of H-pyrrole nitrogens is 1. The number of hydrogen-bond donors (Lipinski definition) is 1. The lowest BCUT2D eigenvalue weighted by molar-refractivity contribution is 0.150. The lowest BCUT2D eigenvalue weighted by Crippen LogP contribution is -2.04. The molecule has 1 aromatic rings. The first-order chi connectivity index (χ1) is 4.83. The molecule has 5 nitrogen and oxygen atoms in total. The van der Waals surface area contributed by atoms with Crippen molar-refractivity contribution in [2.24, 2.45) is 5.92 Å². The number of rotatable bonds is 3. The Morgan fingerprint density at radius 3 is 3.00 bits per heavy atom. The molecule has 0 fully saturated rings. The van der Waals surface area contributed by atoms with Gasteiger partial charge in [0.15, 0.2) is 0 Å². The monoisotopic (exact) mass is 141 g/mol. The summed E-state index contributed by atoms with van der Waals surface area (Å²) in [4.78, 5) is 0. The fraction of sp³-hybridized carbons (Fsp3) is 0.800. The van der Waals surface area contributed by atoms with Gasteiger partial charge in [-0.2, -0.15) is 0 Å². The van der Waals surface area contributed by atoms with Crippen LogP contribution in [0.25, 0.3) is 0 Å². The summed E-state index contributed by atoms with van der Waals surface area (Å²) < 4.78 is 0. The van der Waals surface area contributed by atoms with Gasteiger partial charge < -0.3 is 0 Å². The topological polar surface area (TPSA) is 74.4 Å². The van der Waals surface area contributed by atoms with Crippen molar-refractivity contribution in [1.82, 2.24) is 20.6 Å². The number of aromatic nitrogens is 4. The second-order valence-corrected chi connectivity index (χ2v) is 2.32. The number of hydrogen-bond acceptors (Lipinski definition) is 3. The summed E-state index contributed by atoms with van der Waals surface area (Å²) in [5.74, 6) is 0.790. The average Bonchev–Trinajstić information content (AvgIpc) is 2.40. The van der Waals surface area contributed by atoms with Gasteiger partial charge in [0.2, 0.25) is 0 Å². The van der Waals surface area contributed by atoms with Gasteiger partial charge in [0, 0.05) is 6.42 Å². The molecule has 0 bridgehead atoms. The minimum atomic E-state index is -0.0826. The molecule has 0 spiro atoms. The first-order valence-electron chi connectivity index (χ1n) is 3.13. The molecule has 0 saturated carbocycles. The molecule has 1 unspecified atom stereocenters. The van der Waals surface area contributed by atoms with Gasteiger partial charge in [0.05, 0.1) is 6.61 Å². The van der Waals surface area contributed by atoms with Crippen LogP contribution in [0.2, 0.25) is 0 Å². The number of nitrogens with one attached hydrogen (secondary N) is 1. The molecule has 0 aliphatic rings. The third-order valence-electron chi connectivity index (χ3n) is 1.22. The summed E-state index contributed by atoms with van der Waals surface area (Å²) in [6.45, 7) is 1.79. The van der Waals surface area contributed by atoms with Crippen LogP contribution >= 0.6 is 0 Å². The minimum absolute atomic E-state index is 0.0826. The molecule has 1 N–H and O–H groups in total. The summed E-state index contributed by atoms with van der Waals surface area (Å²) in [7, 11) is 0. The minimum Gasteiger partial charge on any atom is -0.243 e. The van der Waals surface area contributed by atoms with Crippen LogP contribution in [-0.4, -0.2) is 27.2 Å². The van der Waals surface area contributed by atoms with E-state index in [1.165, 1.54) is 0 Å². The van der Waals surface area contributed by atoms with Gasteiger partial charge in [0.1, 0.15) is 5.82 Å². The molecule has 5 heteroatoms. The Kier molecular flexibility index (Phi) is 2.33. The van der Waals surface area contributed by atoms with Crippen LogP contribution in [0.4, 0.5) is 0 Å². The molecule has 1 heterocycles. The Bertz CT molecular complexity index is 174. The van der Waals surface area contributed by atoms with E-state index in [1.54, 1.807) is 0 Å². The highest BCUT2D eigenvalue weighted by Gasteiger charge is 2.04. The maximum absolute atomic E-state index is 10.3. The van der Waals surface area contributed by atoms with Gasteiger partial charge in [-0.15, -0.1) is 5.10 Å². The highest BCUT2D eigenvalue weighted by atomic mass is 16.3. The van der Waals surface area contributed by atoms with E-state index >= 15 is 0 Å². The number of aromatic amines is 1. The van der Waals surface area contributed by atoms with Gasteiger partial charge in [-0.3, -0.25) is 0 Å². The maximum Gasteiger partial charge on any atom is 0.148 e. The molecular weight excluding hydrogens is 132 g/mol. The van der Waals surface area contributed by atoms with Gasteiger partial charge >= 0.3 is 0 Å². The molecule has 1 aromatic heterocycles. The third kappa shape index (κ3) is 1.77. The zero-order chi connectivity index (χ0) is 7.40. The highest BCUT2D eigenvalue weighted by molar-refractivity contribution is 4.77. The van der Waals surface area contributed by atoms with Crippen molar-refractivity contribution in [3.8, 4) is 0 Å². The Hall–Kier alpha value is -0.970. The summed E-state index contributed by atoms with van der Waals surface area (Å²) in [6, 6.07) is 0. The van der Waals surface area contributed by atoms with E-state index < -0.39 is 0 Å². The third-order valence-corrected chi connectivity index (χ3v) is 1.22. The lowest BCUT2D eigenvalue weighted by atomic mass is 10.1. The average molecular weight is 141 g/mol. The van der Waals surface area contributed by atoms with Crippen LogP contribution in [0.5, 0.6) is 0 Å². The van der Waals surface area contributed by atoms with Gasteiger partial charge in [-0.25, -0.2) is 10.2 Å². The van der Waals surface area contributed by atoms with Crippen molar-refractivity contribution < 1.29 is 5.11 Å². The second kappa shape index (κ2) is 3.26. The fourth-order valence-electron chi connectivity index (χ4n) is 0.654. The van der Waals surface area contributed by atoms with E-state index in [0.29, 0.717) is 12.2 Å². The summed E-state index contributed by atoms with van der Waals surface area (Å²) in [6.07, 6.45) is 0.635. The van der Waals surface area contributed by atoms with E-state index in [9.17, 15) is 5.11 Å². The molecule has 0 aromatic carbocycles. The fourth-order valence-corrected chi connectivity index (χ4v) is 0.654. The Balaban J connectivity index is 2.40. The first-order valence-corrected chi connectivity index (χ1v) is 3.13. The Morgan fingerprint density at radius 1 is 1.70 bits per heavy atom. The van der Waals surface area contributed by atoms with Crippen molar-refractivity contribution in [3.63, 3.8) is 0 Å². The molecule has 0 saturated heterocycles. The lowest BCUT2D eigenvalue weighted by Gasteiger charge is -1.99. The van der Waals surface area contributed by atoms with Crippen LogP contribution in [0, 0.1) is 5.92 Å². The van der Waals surface area contributed by atoms with Crippen molar-refractivity contribution in [2.45, 2.75) is 13.3 Å². The summed E-state index contributed by atoms with van der Waals surface area (Å²) in [5, 5.41) is 23.3. The molecule has 1 atom stereocenters. The van der Waals surface area contributed by atoms with E-state index in [4.69, 9.17) is 0 Å². The van der Waals surface area contributed by atoms with Gasteiger partial charge in [-0.05, 0) is 16.3 Å². The highest BCUT2D eigenvalue weighted by Crippen LogP contribution is 1.99. The number of nitrogens with zero attached hydrogens (tertiary/aromatic N) is 3. The summed E-state index contributed by atoms with van der Waals surface area (Å²) >= 11 is 0. The van der Waals surface area contributed by atoms with Gasteiger partial charge in [-0.1, -0.05) is 6.92 Å². The number of tetrazole rings is 1. The van der Waals surface area contributed by atoms with Crippen LogP contribution in [0.1, 0.15) is 12.7 Å². The molecule has 0 aliphatic heterocycles. The van der Waals surface area contributed by atoms with Crippen molar-refractivity contribution in [3.05, 3.63) is 5.82 Å². The predicted octanol–water partition coefficient (Wildman–Crippen LogP) is -0.191. The van der Waals surface area contributed by atoms with Crippen molar-refractivity contribution >= 4 is 0 Å². The molecular formula is C5H9N4O. The molecule has 0 aliphatic carbocycles. The smallest absolute Gasteiger partial charge is 0.148 e. The van der Waals surface area contributed by atoms with E-state index in [-0.39, 0.29) is 12.5 Å². The van der Waals surface area contributed by atoms with Crippen LogP contribution in [0.15, 0.2) is 0 Å². The Labute approximate surface area is 58.5 Å². The summed E-state index contributed by atoms with van der Waals surface area (Å²) in [5.41, 5.74) is 0. The zero-order valence-electron chi connectivity index (χ0n) is 5.74. The Morgan fingerprint density at radius 2 is 2.50 bits per heavy atom. The van der Waals surface area contributed by atoms with Crippen LogP contribution < -0.4 is 0 Å². The van der Waals surface area contributed by atoms with Gasteiger partial charge in [0.25, 0.3) is 0 Å². The molecule has 1 radical (unpaired) electrons. The van der Waals surface area contributed by atoms with Crippen molar-refractivity contribution in [2.75, 3.05) is 6.61 Å². The van der Waals surface area contributed by atoms with Crippen molar-refractivity contribution in [1.29, 1.82) is 0 Å². The quantitative estimate of drug-likeness (QED) is 0.633. The molecule has 55 valence electrons. The maximum atomic E-state index is 10.3. The van der Waals surface area contributed by atoms with E-state index in [0.717, 1.165) is 0 Å². The standard InChI is InChI=1S/C5H9N4O/c1-4(3-10)2-5-6-8-9-7-5/h4H,2-3H2,1H3,(H,6,7,8,9). The second-order valence-electron chi connectivity index (χ2n) is 2.32. The van der Waals surface area contributed by atoms with Crippen LogP contribution in [-0.2, 0) is 11.5 Å².